The van der Waals surface area contributed by atoms with Gasteiger partial charge in [-0.15, -0.1) is 0 Å². The molecule has 0 saturated heterocycles. The van der Waals surface area contributed by atoms with E-state index < -0.39 is 0 Å². The summed E-state index contributed by atoms with van der Waals surface area (Å²) in [5.41, 5.74) is 0. The van der Waals surface area contributed by atoms with E-state index in [-0.39, 0.29) is 54.4 Å². The summed E-state index contributed by atoms with van der Waals surface area (Å²) in [6.45, 7) is 0. The first kappa shape index (κ1) is 16.9. The molecular weight excluding hydrogens is 233 g/mol. The summed E-state index contributed by atoms with van der Waals surface area (Å²) in [6, 6.07) is 0. The van der Waals surface area contributed by atoms with Crippen LogP contribution in [0.2, 0.25) is 0 Å². The first-order valence-electron chi connectivity index (χ1n) is 0.123. The van der Waals surface area contributed by atoms with E-state index in [0.717, 1.165) is 0 Å². The van der Waals surface area contributed by atoms with E-state index in [1.165, 1.54) is 0 Å². The minimum absolute atomic E-state index is 0. The predicted octanol–water partition coefficient (Wildman–Crippen LogP) is -0.621. The molecule has 0 amide bonds. The van der Waals surface area contributed by atoms with Crippen LogP contribution in [0.1, 0.15) is 0 Å². The van der Waals surface area contributed by atoms with E-state index in [2.05, 4.69) is 15.9 Å². The van der Waals surface area contributed by atoms with Gasteiger partial charge in [0.2, 0.25) is 0 Å². The van der Waals surface area contributed by atoms with Gasteiger partial charge >= 0.3 is 68.7 Å². The molecule has 0 saturated carbocycles. The van der Waals surface area contributed by atoms with Crippen LogP contribution in [0.15, 0.2) is 0 Å². The third-order valence-electron chi connectivity index (χ3n) is 0. The van der Waals surface area contributed by atoms with Crippen LogP contribution in [0.25, 0.3) is 0 Å². The van der Waals surface area contributed by atoms with Gasteiger partial charge in [-0.1, -0.05) is 0 Å². The number of hydrogen-bond acceptors (Lipinski definition) is 1. The van der Waals surface area contributed by atoms with Gasteiger partial charge in [0.05, 0.1) is 0 Å². The average molecular weight is 233 g/mol. The Balaban J connectivity index is -0.00000000500. The Labute approximate surface area is 72.7 Å². The molecule has 0 aromatic rings. The van der Waals surface area contributed by atoms with Crippen molar-refractivity contribution in [3.8, 4) is 0 Å². The molecule has 25 valence electrons. The number of hydrogen-bond donors (Lipinski definition) is 0. The summed E-state index contributed by atoms with van der Waals surface area (Å²) in [5, 5.41) is 0. The van der Waals surface area contributed by atoms with Crippen LogP contribution in [-0.4, -0.2) is 48.9 Å². The van der Waals surface area contributed by atoms with Crippen LogP contribution in [0.3, 0.4) is 0 Å². The Morgan fingerprint density at radius 3 is 1.25 bits per heavy atom. The van der Waals surface area contributed by atoms with Gasteiger partial charge in [-0.2, -0.15) is 0 Å². The zero-order valence-corrected chi connectivity index (χ0v) is 7.21. The zero-order chi connectivity index (χ0) is 2.00. The Kier molecular flexibility index (Phi) is 88.9. The molecular formula is BaCuO2. The second kappa shape index (κ2) is 21.0. The molecule has 0 aliphatic rings. The van der Waals surface area contributed by atoms with Gasteiger partial charge in [0.15, 0.2) is 0 Å². The van der Waals surface area contributed by atoms with E-state index in [9.17, 15) is 0 Å². The van der Waals surface area contributed by atoms with Crippen molar-refractivity contribution in [2.45, 2.75) is 0 Å². The van der Waals surface area contributed by atoms with Crippen molar-refractivity contribution in [1.82, 2.24) is 0 Å². The molecule has 2 nitrogen and oxygen atoms in total. The second-order valence-corrected chi connectivity index (χ2v) is 0. The Morgan fingerprint density at radius 1 is 1.25 bits per heavy atom. The summed E-state index contributed by atoms with van der Waals surface area (Å²) in [5.74, 6) is 0. The molecule has 0 heterocycles. The maximum atomic E-state index is 7.81. The first-order valence-corrected chi connectivity index (χ1v) is 0.508. The van der Waals surface area contributed by atoms with E-state index in [1.54, 1.807) is 0 Å². The van der Waals surface area contributed by atoms with Gasteiger partial charge in [0, 0.05) is 0 Å². The van der Waals surface area contributed by atoms with Crippen molar-refractivity contribution in [3.63, 3.8) is 0 Å². The van der Waals surface area contributed by atoms with Crippen molar-refractivity contribution < 1.29 is 25.3 Å². The van der Waals surface area contributed by atoms with Crippen molar-refractivity contribution in [1.29, 1.82) is 0 Å². The molecule has 0 atom stereocenters. The molecule has 0 spiro atoms. The molecule has 0 aliphatic heterocycles. The summed E-state index contributed by atoms with van der Waals surface area (Å²) in [6.07, 6.45) is 0. The van der Waals surface area contributed by atoms with Crippen LogP contribution in [0, 0.1) is 0 Å². The molecule has 0 aromatic carbocycles. The second-order valence-electron chi connectivity index (χ2n) is 0. The fourth-order valence-electron chi connectivity index (χ4n) is 0. The van der Waals surface area contributed by atoms with Crippen LogP contribution >= 0.6 is 0 Å². The number of rotatable bonds is 0. The molecule has 4 heteroatoms. The topological polar surface area (TPSA) is 45.6 Å². The van der Waals surface area contributed by atoms with Crippen LogP contribution in [0.5, 0.6) is 0 Å². The minimum atomic E-state index is 0. The fraction of sp³-hybridized carbons (Fsp3) is 0. The molecule has 0 fully saturated rings. The van der Waals surface area contributed by atoms with Crippen LogP contribution in [0.4, 0.5) is 0 Å². The van der Waals surface area contributed by atoms with E-state index >= 15 is 0 Å². The third-order valence-corrected chi connectivity index (χ3v) is 0. The molecule has 4 heavy (non-hydrogen) atoms. The molecule has 0 N–H and O–H groups in total. The molecule has 0 rings (SSSR count). The molecule has 0 aromatic heterocycles. The normalized spacial score (nSPS) is 1.50. The monoisotopic (exact) mass is 233 g/mol. The van der Waals surface area contributed by atoms with Crippen molar-refractivity contribution in [2.75, 3.05) is 0 Å². The van der Waals surface area contributed by atoms with Gasteiger partial charge in [0.25, 0.3) is 0 Å². The fourth-order valence-corrected chi connectivity index (χ4v) is 0. The molecule has 0 bridgehead atoms. The molecule has 0 radical (unpaired) electrons. The standard InChI is InChI=1S/Ba.Cu.2O/q+2;;;-2. The Bertz CT molecular complexity index is 6.00. The van der Waals surface area contributed by atoms with E-state index in [0.29, 0.717) is 0 Å². The summed E-state index contributed by atoms with van der Waals surface area (Å²) >= 11 is 2.94. The van der Waals surface area contributed by atoms with E-state index in [4.69, 9.17) is 3.83 Å². The van der Waals surface area contributed by atoms with Gasteiger partial charge in [-0.05, 0) is 0 Å². The average Bonchev–Trinajstić information content (AvgIpc) is 1.00. The van der Waals surface area contributed by atoms with Gasteiger partial charge < -0.3 is 5.48 Å². The van der Waals surface area contributed by atoms with Gasteiger partial charge in [-0.3, -0.25) is 0 Å². The van der Waals surface area contributed by atoms with Gasteiger partial charge in [0.1, 0.15) is 0 Å². The van der Waals surface area contributed by atoms with Crippen LogP contribution < -0.4 is 0 Å². The van der Waals surface area contributed by atoms with Crippen molar-refractivity contribution >= 4 is 48.9 Å². The third kappa shape index (κ3) is 9.14. The van der Waals surface area contributed by atoms with Crippen molar-refractivity contribution in [2.24, 2.45) is 0 Å². The summed E-state index contributed by atoms with van der Waals surface area (Å²) in [4.78, 5) is 0. The molecule has 0 aliphatic carbocycles. The first-order chi connectivity index (χ1) is 1.00. The summed E-state index contributed by atoms with van der Waals surface area (Å²) in [7, 11) is 0. The summed E-state index contributed by atoms with van der Waals surface area (Å²) < 4.78 is 7.81. The molecule has 0 unspecified atom stereocenters. The van der Waals surface area contributed by atoms with E-state index in [1.807, 2.05) is 0 Å². The Morgan fingerprint density at radius 2 is 1.25 bits per heavy atom. The quantitative estimate of drug-likeness (QED) is 0.514. The van der Waals surface area contributed by atoms with Crippen LogP contribution in [-0.2, 0) is 25.3 Å². The zero-order valence-electron chi connectivity index (χ0n) is 1.83. The predicted molar refractivity (Wildman–Crippen MR) is 7.13 cm³/mol. The SMILES string of the molecule is [Ba+2].[O-2].[O]=[Cu]. The maximum absolute atomic E-state index is 7.81. The van der Waals surface area contributed by atoms with Crippen molar-refractivity contribution in [3.05, 3.63) is 0 Å². The van der Waals surface area contributed by atoms with Gasteiger partial charge in [-0.25, -0.2) is 0 Å². The Hall–Kier alpha value is 1.85.